The number of hydrogen-bond acceptors (Lipinski definition) is 3. The Hall–Kier alpha value is -1.10. The van der Waals surface area contributed by atoms with Crippen molar-refractivity contribution in [2.75, 3.05) is 6.54 Å². The number of benzene rings is 1. The van der Waals surface area contributed by atoms with Gasteiger partial charge < -0.3 is 16.4 Å². The standard InChI is InChI=1S/C17H27N3O.ClH/c1-13(18)16(21)19-12-17(10-6-7-11-17)20-14(2)15-8-4-3-5-9-15;/h3-5,8-9,13-14,20H,6-7,10-12,18H2,1-2H3,(H,19,21);1H. The Morgan fingerprint density at radius 3 is 2.36 bits per heavy atom. The lowest BCUT2D eigenvalue weighted by atomic mass is 9.94. The van der Waals surface area contributed by atoms with Crippen LogP contribution in [0.5, 0.6) is 0 Å². The third kappa shape index (κ3) is 4.97. The van der Waals surface area contributed by atoms with E-state index in [9.17, 15) is 4.79 Å². The third-order valence-electron chi connectivity index (χ3n) is 4.40. The zero-order valence-electron chi connectivity index (χ0n) is 13.5. The molecule has 0 aromatic heterocycles. The molecule has 0 spiro atoms. The molecule has 0 saturated heterocycles. The fourth-order valence-electron chi connectivity index (χ4n) is 3.13. The molecule has 4 N–H and O–H groups in total. The smallest absolute Gasteiger partial charge is 0.236 e. The number of amides is 1. The van der Waals surface area contributed by atoms with Gasteiger partial charge in [-0.1, -0.05) is 43.2 Å². The maximum absolute atomic E-state index is 11.7. The van der Waals surface area contributed by atoms with Crippen LogP contribution in [0.1, 0.15) is 51.1 Å². The van der Waals surface area contributed by atoms with E-state index in [1.165, 1.54) is 18.4 Å². The zero-order chi connectivity index (χ0) is 15.3. The van der Waals surface area contributed by atoms with Gasteiger partial charge in [-0.2, -0.15) is 0 Å². The lowest BCUT2D eigenvalue weighted by molar-refractivity contribution is -0.122. The molecule has 0 bridgehead atoms. The summed E-state index contributed by atoms with van der Waals surface area (Å²) in [6.45, 7) is 4.56. The summed E-state index contributed by atoms with van der Waals surface area (Å²) in [7, 11) is 0. The average molecular weight is 326 g/mol. The van der Waals surface area contributed by atoms with Crippen LogP contribution in [0.15, 0.2) is 30.3 Å². The van der Waals surface area contributed by atoms with E-state index in [-0.39, 0.29) is 29.9 Å². The van der Waals surface area contributed by atoms with Gasteiger partial charge in [0.05, 0.1) is 6.04 Å². The van der Waals surface area contributed by atoms with Crippen LogP contribution in [0, 0.1) is 0 Å². The summed E-state index contributed by atoms with van der Waals surface area (Å²) < 4.78 is 0. The van der Waals surface area contributed by atoms with Crippen molar-refractivity contribution in [1.29, 1.82) is 0 Å². The van der Waals surface area contributed by atoms with Crippen LogP contribution in [0.3, 0.4) is 0 Å². The highest BCUT2D eigenvalue weighted by Crippen LogP contribution is 2.31. The summed E-state index contributed by atoms with van der Waals surface area (Å²) in [4.78, 5) is 11.7. The predicted octanol–water partition coefficient (Wildman–Crippen LogP) is 2.54. The van der Waals surface area contributed by atoms with Gasteiger partial charge in [0.1, 0.15) is 0 Å². The Labute approximate surface area is 139 Å². The Morgan fingerprint density at radius 2 is 1.82 bits per heavy atom. The van der Waals surface area contributed by atoms with E-state index >= 15 is 0 Å². The van der Waals surface area contributed by atoms with Crippen molar-refractivity contribution in [3.8, 4) is 0 Å². The number of nitrogens with two attached hydrogens (primary N) is 1. The van der Waals surface area contributed by atoms with Crippen molar-refractivity contribution in [2.45, 2.75) is 57.2 Å². The van der Waals surface area contributed by atoms with Crippen molar-refractivity contribution in [3.05, 3.63) is 35.9 Å². The van der Waals surface area contributed by atoms with Crippen LogP contribution in [0.25, 0.3) is 0 Å². The van der Waals surface area contributed by atoms with E-state index in [4.69, 9.17) is 5.73 Å². The Balaban J connectivity index is 0.00000242. The number of halogens is 1. The van der Waals surface area contributed by atoms with E-state index in [2.05, 4.69) is 41.8 Å². The van der Waals surface area contributed by atoms with E-state index < -0.39 is 6.04 Å². The van der Waals surface area contributed by atoms with Crippen molar-refractivity contribution in [1.82, 2.24) is 10.6 Å². The van der Waals surface area contributed by atoms with Crippen LogP contribution < -0.4 is 16.4 Å². The van der Waals surface area contributed by atoms with E-state index in [0.29, 0.717) is 6.54 Å². The first-order valence-corrected chi connectivity index (χ1v) is 7.88. The molecule has 0 radical (unpaired) electrons. The SMILES string of the molecule is CC(N)C(=O)NCC1(NC(C)c2ccccc2)CCCC1.Cl. The second-order valence-corrected chi connectivity index (χ2v) is 6.27. The second kappa shape index (κ2) is 8.51. The highest BCUT2D eigenvalue weighted by Gasteiger charge is 2.35. The summed E-state index contributed by atoms with van der Waals surface area (Å²) in [5.74, 6) is -0.0737. The fourth-order valence-corrected chi connectivity index (χ4v) is 3.13. The maximum atomic E-state index is 11.7. The minimum absolute atomic E-state index is 0. The monoisotopic (exact) mass is 325 g/mol. The van der Waals surface area contributed by atoms with Gasteiger partial charge >= 0.3 is 0 Å². The molecule has 22 heavy (non-hydrogen) atoms. The van der Waals surface area contributed by atoms with E-state index in [0.717, 1.165) is 12.8 Å². The lowest BCUT2D eigenvalue weighted by Gasteiger charge is -2.34. The lowest BCUT2D eigenvalue weighted by Crippen LogP contribution is -2.54. The normalized spacial score (nSPS) is 19.0. The van der Waals surface area contributed by atoms with Crippen molar-refractivity contribution >= 4 is 18.3 Å². The van der Waals surface area contributed by atoms with Crippen molar-refractivity contribution in [3.63, 3.8) is 0 Å². The van der Waals surface area contributed by atoms with Crippen LogP contribution in [-0.4, -0.2) is 24.0 Å². The molecule has 1 saturated carbocycles. The largest absolute Gasteiger partial charge is 0.353 e. The summed E-state index contributed by atoms with van der Waals surface area (Å²) in [5.41, 5.74) is 6.90. The van der Waals surface area contributed by atoms with Crippen LogP contribution in [-0.2, 0) is 4.79 Å². The minimum atomic E-state index is -0.449. The molecule has 1 aromatic carbocycles. The number of hydrogen-bond donors (Lipinski definition) is 3. The molecular weight excluding hydrogens is 298 g/mol. The molecule has 124 valence electrons. The summed E-state index contributed by atoms with van der Waals surface area (Å²) >= 11 is 0. The fraction of sp³-hybridized carbons (Fsp3) is 0.588. The Bertz CT molecular complexity index is 458. The molecule has 1 aliphatic rings. The molecular formula is C17H28ClN3O. The first-order chi connectivity index (χ1) is 10.0. The highest BCUT2D eigenvalue weighted by atomic mass is 35.5. The molecule has 1 fully saturated rings. The van der Waals surface area contributed by atoms with Gasteiger partial charge in [0.25, 0.3) is 0 Å². The maximum Gasteiger partial charge on any atom is 0.236 e. The van der Waals surface area contributed by atoms with Gasteiger partial charge in [0.2, 0.25) is 5.91 Å². The molecule has 1 amide bonds. The zero-order valence-corrected chi connectivity index (χ0v) is 14.3. The van der Waals surface area contributed by atoms with Gasteiger partial charge in [0.15, 0.2) is 0 Å². The summed E-state index contributed by atoms with van der Waals surface area (Å²) in [6, 6.07) is 10.3. The quantitative estimate of drug-likeness (QED) is 0.753. The Kier molecular flexibility index (Phi) is 7.33. The van der Waals surface area contributed by atoms with Gasteiger partial charge in [0, 0.05) is 18.1 Å². The molecule has 1 aromatic rings. The van der Waals surface area contributed by atoms with Crippen molar-refractivity contribution < 1.29 is 4.79 Å². The first-order valence-electron chi connectivity index (χ1n) is 7.88. The van der Waals surface area contributed by atoms with Gasteiger partial charge in [-0.3, -0.25) is 4.79 Å². The molecule has 2 rings (SSSR count). The van der Waals surface area contributed by atoms with E-state index in [1.807, 2.05) is 6.07 Å². The van der Waals surface area contributed by atoms with Gasteiger partial charge in [-0.15, -0.1) is 12.4 Å². The Morgan fingerprint density at radius 1 is 1.23 bits per heavy atom. The highest BCUT2D eigenvalue weighted by molar-refractivity contribution is 5.85. The number of carbonyl (C=O) groups excluding carboxylic acids is 1. The number of rotatable bonds is 6. The molecule has 0 heterocycles. The molecule has 2 unspecified atom stereocenters. The second-order valence-electron chi connectivity index (χ2n) is 6.27. The number of carbonyl (C=O) groups is 1. The van der Waals surface area contributed by atoms with E-state index in [1.54, 1.807) is 6.92 Å². The predicted molar refractivity (Wildman–Crippen MR) is 93.1 cm³/mol. The minimum Gasteiger partial charge on any atom is -0.353 e. The van der Waals surface area contributed by atoms with Gasteiger partial charge in [-0.05, 0) is 32.3 Å². The van der Waals surface area contributed by atoms with Crippen molar-refractivity contribution in [2.24, 2.45) is 5.73 Å². The first kappa shape index (κ1) is 18.9. The van der Waals surface area contributed by atoms with Gasteiger partial charge in [-0.25, -0.2) is 0 Å². The molecule has 5 heteroatoms. The topological polar surface area (TPSA) is 67.2 Å². The third-order valence-corrected chi connectivity index (χ3v) is 4.40. The van der Waals surface area contributed by atoms with Crippen LogP contribution >= 0.6 is 12.4 Å². The number of nitrogens with one attached hydrogen (secondary N) is 2. The summed E-state index contributed by atoms with van der Waals surface area (Å²) in [5, 5.41) is 6.74. The summed E-state index contributed by atoms with van der Waals surface area (Å²) in [6.07, 6.45) is 4.62. The molecule has 1 aliphatic carbocycles. The molecule has 2 atom stereocenters. The van der Waals surface area contributed by atoms with Crippen LogP contribution in [0.2, 0.25) is 0 Å². The average Bonchev–Trinajstić information content (AvgIpc) is 2.94. The molecule has 0 aliphatic heterocycles. The molecule has 4 nitrogen and oxygen atoms in total. The van der Waals surface area contributed by atoms with Crippen LogP contribution in [0.4, 0.5) is 0 Å².